The largest absolute Gasteiger partial charge is 0.354 e. The Morgan fingerprint density at radius 3 is 1.59 bits per heavy atom. The van der Waals surface area contributed by atoms with Gasteiger partial charge in [-0.1, -0.05) is 146 Å². The number of aromatic nitrogens is 2. The Morgan fingerprint density at radius 2 is 0.833 bits per heavy atom. The zero-order valence-corrected chi connectivity index (χ0v) is 38.3. The topological polar surface area (TPSA) is 31.6 Å². The van der Waals surface area contributed by atoms with Gasteiger partial charge in [0.05, 0.1) is 0 Å². The maximum atomic E-state index is 4.08. The van der Waals surface area contributed by atoms with Gasteiger partial charge in [0.1, 0.15) is 0 Å². The molecule has 0 aliphatic rings. The minimum atomic E-state index is 1.09. The van der Waals surface area contributed by atoms with Crippen LogP contribution >= 0.6 is 0 Å². The van der Waals surface area contributed by atoms with Crippen molar-refractivity contribution in [2.75, 3.05) is 0 Å². The molecule has 2 heteroatoms. The van der Waals surface area contributed by atoms with Gasteiger partial charge >= 0.3 is 0 Å². The van der Waals surface area contributed by atoms with Crippen LogP contribution in [0.4, 0.5) is 0 Å². The Kier molecular flexibility index (Phi) is 9.22. The zero-order valence-electron chi connectivity index (χ0n) is 38.3. The van der Waals surface area contributed by atoms with E-state index < -0.39 is 0 Å². The summed E-state index contributed by atoms with van der Waals surface area (Å²) in [5, 5.41) is 9.78. The average molecular weight is 847 g/mol. The van der Waals surface area contributed by atoms with E-state index in [-0.39, 0.29) is 0 Å². The molecule has 12 aromatic rings. The van der Waals surface area contributed by atoms with Gasteiger partial charge in [-0.25, -0.2) is 0 Å². The van der Waals surface area contributed by atoms with Crippen LogP contribution in [-0.4, -0.2) is 9.97 Å². The first kappa shape index (κ1) is 39.6. The van der Waals surface area contributed by atoms with Crippen LogP contribution in [0.1, 0.15) is 33.4 Å². The molecular weight excluding hydrogens is 797 g/mol. The summed E-state index contributed by atoms with van der Waals surface area (Å²) < 4.78 is 0. The Hall–Kier alpha value is -7.94. The van der Waals surface area contributed by atoms with Crippen molar-refractivity contribution in [2.45, 2.75) is 41.5 Å². The lowest BCUT2D eigenvalue weighted by atomic mass is 9.73. The predicted molar refractivity (Wildman–Crippen MR) is 284 cm³/mol. The molecule has 316 valence electrons. The van der Waals surface area contributed by atoms with Crippen molar-refractivity contribution in [1.82, 2.24) is 9.97 Å². The van der Waals surface area contributed by atoms with Crippen LogP contribution in [0.3, 0.4) is 0 Å². The van der Waals surface area contributed by atoms with E-state index in [1.54, 1.807) is 0 Å². The molecular formula is C64H50N2. The summed E-state index contributed by atoms with van der Waals surface area (Å²) in [6.45, 7) is 13.5. The molecule has 2 aromatic heterocycles. The zero-order chi connectivity index (χ0) is 44.8. The molecule has 0 unspecified atom stereocenters. The van der Waals surface area contributed by atoms with Gasteiger partial charge in [0.2, 0.25) is 0 Å². The lowest BCUT2D eigenvalue weighted by Crippen LogP contribution is -2.04. The summed E-state index contributed by atoms with van der Waals surface area (Å²) in [6, 6.07) is 68.3. The van der Waals surface area contributed by atoms with Gasteiger partial charge in [-0.05, 0) is 177 Å². The van der Waals surface area contributed by atoms with Gasteiger partial charge in [0.25, 0.3) is 0 Å². The fourth-order valence-corrected chi connectivity index (χ4v) is 11.0. The number of hydrogen-bond acceptors (Lipinski definition) is 0. The van der Waals surface area contributed by atoms with Crippen LogP contribution in [0.15, 0.2) is 182 Å². The molecule has 0 bridgehead atoms. The van der Waals surface area contributed by atoms with Gasteiger partial charge in [-0.2, -0.15) is 0 Å². The van der Waals surface area contributed by atoms with Crippen molar-refractivity contribution in [3.63, 3.8) is 0 Å². The Labute approximate surface area is 386 Å². The maximum absolute atomic E-state index is 4.08. The lowest BCUT2D eigenvalue weighted by Gasteiger charge is -2.29. The monoisotopic (exact) mass is 846 g/mol. The van der Waals surface area contributed by atoms with Crippen molar-refractivity contribution in [1.29, 1.82) is 0 Å². The molecule has 0 fully saturated rings. The van der Waals surface area contributed by atoms with Crippen molar-refractivity contribution >= 4 is 54.1 Å². The average Bonchev–Trinajstić information content (AvgIpc) is 3.97. The van der Waals surface area contributed by atoms with Crippen LogP contribution in [0.2, 0.25) is 0 Å². The van der Waals surface area contributed by atoms with E-state index in [2.05, 4.69) is 234 Å². The summed E-state index contributed by atoms with van der Waals surface area (Å²) in [5.74, 6) is 0. The molecule has 2 N–H and O–H groups in total. The van der Waals surface area contributed by atoms with E-state index in [0.717, 1.165) is 28.0 Å². The number of benzene rings is 10. The SMILES string of the molecule is Cc1cc(C)c2cc(-c3c(-c4ccccc4)c(-c4cccc5ccccc45)c(-c4cccc5cc6ccccc6cc45)c(-c4cc(C)c(C)cc4C)c3-c3cc4c(C)cccc4[nH]3)[nH]c2c1. The van der Waals surface area contributed by atoms with Gasteiger partial charge in [0, 0.05) is 55.4 Å². The second-order valence-corrected chi connectivity index (χ2v) is 18.6. The molecule has 10 aromatic carbocycles. The van der Waals surface area contributed by atoms with Crippen molar-refractivity contribution < 1.29 is 0 Å². The van der Waals surface area contributed by atoms with E-state index in [9.17, 15) is 0 Å². The molecule has 0 atom stereocenters. The van der Waals surface area contributed by atoms with Gasteiger partial charge in [-0.3, -0.25) is 0 Å². The standard InChI is InChI=1S/C64H50N2/c1-37-29-41(5)52-36-57(66-56(52)30-37)63-59(44-19-8-7-9-20-44)60(49-26-15-23-43-18-12-13-25-48(43)49)61(50-27-16-24-47-33-45-21-10-11-22-46(45)34-54(47)50)62(53-32-40(4)39(3)31-42(53)6)64(63)58-35-51-38(2)17-14-28-55(51)65-58/h7-36,65-66H,1-6H3. The summed E-state index contributed by atoms with van der Waals surface area (Å²) >= 11 is 0. The van der Waals surface area contributed by atoms with Crippen LogP contribution in [-0.2, 0) is 0 Å². The summed E-state index contributed by atoms with van der Waals surface area (Å²) in [5.41, 5.74) is 23.9. The van der Waals surface area contributed by atoms with Crippen molar-refractivity contribution in [3.8, 4) is 67.0 Å². The maximum Gasteiger partial charge on any atom is 0.0478 e. The Balaban J connectivity index is 1.42. The molecule has 0 aliphatic heterocycles. The molecule has 0 spiro atoms. The highest BCUT2D eigenvalue weighted by Gasteiger charge is 2.32. The fraction of sp³-hybridized carbons (Fsp3) is 0.0938. The quantitative estimate of drug-likeness (QED) is 0.156. The van der Waals surface area contributed by atoms with E-state index in [0.29, 0.717) is 0 Å². The summed E-state index contributed by atoms with van der Waals surface area (Å²) in [6.07, 6.45) is 0. The minimum absolute atomic E-state index is 1.09. The Morgan fingerprint density at radius 1 is 0.273 bits per heavy atom. The van der Waals surface area contributed by atoms with Crippen molar-refractivity contribution in [3.05, 3.63) is 215 Å². The second kappa shape index (κ2) is 15.4. The van der Waals surface area contributed by atoms with Gasteiger partial charge in [0.15, 0.2) is 0 Å². The molecule has 0 radical (unpaired) electrons. The third-order valence-corrected chi connectivity index (χ3v) is 14.3. The van der Waals surface area contributed by atoms with E-state index in [1.807, 2.05) is 0 Å². The Bertz CT molecular complexity index is 3930. The predicted octanol–water partition coefficient (Wildman–Crippen LogP) is 18.0. The molecule has 12 rings (SSSR count). The fourth-order valence-electron chi connectivity index (χ4n) is 11.0. The smallest absolute Gasteiger partial charge is 0.0478 e. The van der Waals surface area contributed by atoms with Crippen molar-refractivity contribution in [2.24, 2.45) is 0 Å². The van der Waals surface area contributed by atoms with E-state index in [4.69, 9.17) is 0 Å². The molecule has 0 amide bonds. The number of hydrogen-bond donors (Lipinski definition) is 2. The van der Waals surface area contributed by atoms with E-state index in [1.165, 1.54) is 127 Å². The molecule has 0 saturated carbocycles. The van der Waals surface area contributed by atoms with Crippen LogP contribution in [0.25, 0.3) is 121 Å². The van der Waals surface area contributed by atoms with Crippen LogP contribution in [0, 0.1) is 41.5 Å². The highest BCUT2D eigenvalue weighted by atomic mass is 14.7. The van der Waals surface area contributed by atoms with Gasteiger partial charge in [-0.15, -0.1) is 0 Å². The first-order valence-corrected chi connectivity index (χ1v) is 23.2. The first-order chi connectivity index (χ1) is 32.2. The van der Waals surface area contributed by atoms with Gasteiger partial charge < -0.3 is 9.97 Å². The first-order valence-electron chi connectivity index (χ1n) is 23.2. The number of aromatic amines is 2. The number of rotatable bonds is 6. The molecule has 66 heavy (non-hydrogen) atoms. The molecule has 0 aliphatic carbocycles. The lowest BCUT2D eigenvalue weighted by molar-refractivity contribution is 1.30. The third-order valence-electron chi connectivity index (χ3n) is 14.3. The number of fused-ring (bicyclic) bond motifs is 5. The third kappa shape index (κ3) is 6.31. The molecule has 0 saturated heterocycles. The number of nitrogens with one attached hydrogen (secondary N) is 2. The number of H-pyrrole nitrogens is 2. The summed E-state index contributed by atoms with van der Waals surface area (Å²) in [7, 11) is 0. The highest BCUT2D eigenvalue weighted by Crippen LogP contribution is 2.58. The highest BCUT2D eigenvalue weighted by molar-refractivity contribution is 6.21. The minimum Gasteiger partial charge on any atom is -0.354 e. The summed E-state index contributed by atoms with van der Waals surface area (Å²) in [4.78, 5) is 8.15. The second-order valence-electron chi connectivity index (χ2n) is 18.6. The number of aryl methyl sites for hydroxylation is 6. The molecule has 2 nitrogen and oxygen atoms in total. The normalized spacial score (nSPS) is 11.8. The molecule has 2 heterocycles. The van der Waals surface area contributed by atoms with E-state index >= 15 is 0 Å². The van der Waals surface area contributed by atoms with Crippen LogP contribution < -0.4 is 0 Å². The van der Waals surface area contributed by atoms with Crippen LogP contribution in [0.5, 0.6) is 0 Å².